The van der Waals surface area contributed by atoms with E-state index in [0.717, 1.165) is 4.88 Å². The molecule has 0 saturated carbocycles. The first-order valence-corrected chi connectivity index (χ1v) is 6.61. The smallest absolute Gasteiger partial charge is 0.315 e. The number of methoxy groups -OCH3 is 1. The summed E-state index contributed by atoms with van der Waals surface area (Å²) in [6.07, 6.45) is 0. The number of ether oxygens (including phenoxy) is 2. The molecule has 1 aromatic heterocycles. The van der Waals surface area contributed by atoms with Crippen molar-refractivity contribution in [3.63, 3.8) is 0 Å². The number of hydrogen-bond donors (Lipinski definition) is 1. The third-order valence-corrected chi connectivity index (χ3v) is 3.63. The Morgan fingerprint density at radius 1 is 1.32 bits per heavy atom. The molecule has 1 heterocycles. The Kier molecular flexibility index (Phi) is 4.41. The first kappa shape index (κ1) is 13.4. The van der Waals surface area contributed by atoms with Gasteiger partial charge in [-0.2, -0.15) is 0 Å². The highest BCUT2D eigenvalue weighted by Gasteiger charge is 2.21. The molecule has 2 rings (SSSR count). The van der Waals surface area contributed by atoms with Crippen LogP contribution in [0, 0.1) is 0 Å². The second-order valence-corrected chi connectivity index (χ2v) is 4.88. The van der Waals surface area contributed by atoms with Gasteiger partial charge in [-0.05, 0) is 23.6 Å². The van der Waals surface area contributed by atoms with E-state index in [0.29, 0.717) is 11.5 Å². The van der Waals surface area contributed by atoms with Crippen molar-refractivity contribution in [2.45, 2.75) is 5.92 Å². The van der Waals surface area contributed by atoms with Crippen LogP contribution in [0.1, 0.15) is 10.8 Å². The van der Waals surface area contributed by atoms with Gasteiger partial charge >= 0.3 is 5.97 Å². The van der Waals surface area contributed by atoms with Gasteiger partial charge in [0.25, 0.3) is 0 Å². The molecule has 0 bridgehead atoms. The summed E-state index contributed by atoms with van der Waals surface area (Å²) >= 11 is 1.42. The normalized spacial score (nSPS) is 11.8. The van der Waals surface area contributed by atoms with Gasteiger partial charge < -0.3 is 14.6 Å². The molecule has 0 spiro atoms. The Morgan fingerprint density at radius 3 is 2.74 bits per heavy atom. The van der Waals surface area contributed by atoms with Gasteiger partial charge in [0.15, 0.2) is 0 Å². The molecule has 1 N–H and O–H groups in total. The zero-order valence-electron chi connectivity index (χ0n) is 10.4. The predicted octanol–water partition coefficient (Wildman–Crippen LogP) is 3.00. The van der Waals surface area contributed by atoms with Gasteiger partial charge in [-0.25, -0.2) is 0 Å². The van der Waals surface area contributed by atoms with Crippen LogP contribution in [0.5, 0.6) is 11.5 Å². The lowest BCUT2D eigenvalue weighted by atomic mass is 10.1. The Morgan fingerprint density at radius 2 is 2.11 bits per heavy atom. The van der Waals surface area contributed by atoms with E-state index in [4.69, 9.17) is 9.47 Å². The van der Waals surface area contributed by atoms with Crippen LogP contribution >= 0.6 is 11.3 Å². The second-order valence-electron chi connectivity index (χ2n) is 3.90. The fraction of sp³-hybridized carbons (Fsp3) is 0.214. The molecule has 4 nitrogen and oxygen atoms in total. The summed E-state index contributed by atoms with van der Waals surface area (Å²) in [5.74, 6) is -0.251. The number of benzene rings is 1. The molecule has 1 unspecified atom stereocenters. The number of thiophene rings is 1. The molecule has 0 aliphatic heterocycles. The van der Waals surface area contributed by atoms with Gasteiger partial charge in [0, 0.05) is 10.9 Å². The standard InChI is InChI=1S/C14H14O4S/c1-17-10-4-2-5-11(8-10)18-9-12(14(15)16)13-6-3-7-19-13/h2-8,12H,9H2,1H3,(H,15,16). The van der Waals surface area contributed by atoms with Gasteiger partial charge in [-0.3, -0.25) is 4.79 Å². The van der Waals surface area contributed by atoms with E-state index in [1.54, 1.807) is 37.4 Å². The number of rotatable bonds is 6. The molecular formula is C14H14O4S. The van der Waals surface area contributed by atoms with Crippen LogP contribution in [0.3, 0.4) is 0 Å². The maximum Gasteiger partial charge on any atom is 0.315 e. The van der Waals surface area contributed by atoms with Crippen LogP contribution in [0.2, 0.25) is 0 Å². The first-order chi connectivity index (χ1) is 9.20. The van der Waals surface area contributed by atoms with Crippen molar-refractivity contribution in [2.24, 2.45) is 0 Å². The molecule has 0 aliphatic carbocycles. The van der Waals surface area contributed by atoms with Crippen LogP contribution in [0.25, 0.3) is 0 Å². The fourth-order valence-electron chi connectivity index (χ4n) is 1.64. The molecule has 0 radical (unpaired) electrons. The van der Waals surface area contributed by atoms with Gasteiger partial charge in [-0.15, -0.1) is 11.3 Å². The highest BCUT2D eigenvalue weighted by Crippen LogP contribution is 2.24. The van der Waals surface area contributed by atoms with Crippen LogP contribution in [-0.4, -0.2) is 24.8 Å². The van der Waals surface area contributed by atoms with Crippen molar-refractivity contribution in [3.8, 4) is 11.5 Å². The van der Waals surface area contributed by atoms with Gasteiger partial charge in [0.2, 0.25) is 0 Å². The average molecular weight is 278 g/mol. The number of carbonyl (C=O) groups is 1. The van der Waals surface area contributed by atoms with E-state index in [-0.39, 0.29) is 6.61 Å². The van der Waals surface area contributed by atoms with Gasteiger partial charge in [0.05, 0.1) is 7.11 Å². The molecule has 0 amide bonds. The zero-order valence-corrected chi connectivity index (χ0v) is 11.2. The molecule has 0 saturated heterocycles. The van der Waals surface area contributed by atoms with Crippen LogP contribution in [0.15, 0.2) is 41.8 Å². The topological polar surface area (TPSA) is 55.8 Å². The van der Waals surface area contributed by atoms with Crippen molar-refractivity contribution >= 4 is 17.3 Å². The monoisotopic (exact) mass is 278 g/mol. The van der Waals surface area contributed by atoms with Crippen LogP contribution in [-0.2, 0) is 4.79 Å². The van der Waals surface area contributed by atoms with Gasteiger partial charge in [0.1, 0.15) is 24.0 Å². The molecule has 0 aliphatic rings. The molecule has 1 atom stereocenters. The Hall–Kier alpha value is -2.01. The molecule has 1 aromatic carbocycles. The number of carboxylic acid groups (broad SMARTS) is 1. The largest absolute Gasteiger partial charge is 0.497 e. The van der Waals surface area contributed by atoms with Crippen molar-refractivity contribution in [3.05, 3.63) is 46.7 Å². The SMILES string of the molecule is COc1cccc(OCC(C(=O)O)c2cccs2)c1. The quantitative estimate of drug-likeness (QED) is 0.882. The molecule has 5 heteroatoms. The van der Waals surface area contributed by atoms with Crippen molar-refractivity contribution in [1.29, 1.82) is 0 Å². The minimum absolute atomic E-state index is 0.100. The highest BCUT2D eigenvalue weighted by molar-refractivity contribution is 7.10. The lowest BCUT2D eigenvalue weighted by Gasteiger charge is -2.12. The summed E-state index contributed by atoms with van der Waals surface area (Å²) < 4.78 is 10.6. The van der Waals surface area contributed by atoms with Gasteiger partial charge in [-0.1, -0.05) is 12.1 Å². The second kappa shape index (κ2) is 6.24. The van der Waals surface area contributed by atoms with E-state index in [2.05, 4.69) is 0 Å². The summed E-state index contributed by atoms with van der Waals surface area (Å²) in [7, 11) is 1.57. The lowest BCUT2D eigenvalue weighted by molar-refractivity contribution is -0.139. The Labute approximate surface area is 115 Å². The maximum absolute atomic E-state index is 11.2. The van der Waals surface area contributed by atoms with Crippen molar-refractivity contribution in [1.82, 2.24) is 0 Å². The summed E-state index contributed by atoms with van der Waals surface area (Å²) in [6.45, 7) is 0.100. The zero-order chi connectivity index (χ0) is 13.7. The highest BCUT2D eigenvalue weighted by atomic mass is 32.1. The van der Waals surface area contributed by atoms with E-state index < -0.39 is 11.9 Å². The fourth-order valence-corrected chi connectivity index (χ4v) is 2.44. The molecule has 2 aromatic rings. The summed E-state index contributed by atoms with van der Waals surface area (Å²) in [5, 5.41) is 11.1. The average Bonchev–Trinajstić information content (AvgIpc) is 2.93. The lowest BCUT2D eigenvalue weighted by Crippen LogP contribution is -2.18. The third-order valence-electron chi connectivity index (χ3n) is 2.64. The Balaban J connectivity index is 2.05. The predicted molar refractivity (Wildman–Crippen MR) is 73.2 cm³/mol. The molecule has 0 fully saturated rings. The van der Waals surface area contributed by atoms with Crippen LogP contribution < -0.4 is 9.47 Å². The Bertz CT molecular complexity index is 536. The van der Waals surface area contributed by atoms with E-state index in [9.17, 15) is 9.90 Å². The maximum atomic E-state index is 11.2. The molecule has 100 valence electrons. The number of carboxylic acids is 1. The number of aliphatic carboxylic acids is 1. The minimum Gasteiger partial charge on any atom is -0.497 e. The minimum atomic E-state index is -0.884. The van der Waals surface area contributed by atoms with E-state index in [1.165, 1.54) is 11.3 Å². The molecule has 19 heavy (non-hydrogen) atoms. The summed E-state index contributed by atoms with van der Waals surface area (Å²) in [5.41, 5.74) is 0. The van der Waals surface area contributed by atoms with E-state index >= 15 is 0 Å². The van der Waals surface area contributed by atoms with Crippen LogP contribution in [0.4, 0.5) is 0 Å². The third kappa shape index (κ3) is 3.48. The summed E-state index contributed by atoms with van der Waals surface area (Å²) in [6, 6.07) is 10.7. The van der Waals surface area contributed by atoms with Crippen molar-refractivity contribution < 1.29 is 19.4 Å². The molecular weight excluding hydrogens is 264 g/mol. The first-order valence-electron chi connectivity index (χ1n) is 5.74. The van der Waals surface area contributed by atoms with Crippen molar-refractivity contribution in [2.75, 3.05) is 13.7 Å². The van der Waals surface area contributed by atoms with E-state index in [1.807, 2.05) is 11.4 Å². The summed E-state index contributed by atoms with van der Waals surface area (Å²) in [4.78, 5) is 12.0. The number of hydrogen-bond acceptors (Lipinski definition) is 4.